The number of hydrogen-bond acceptors (Lipinski definition) is 3. The van der Waals surface area contributed by atoms with Gasteiger partial charge in [0.2, 0.25) is 0 Å². The maximum Gasteiger partial charge on any atom is 0.188 e. The first-order valence-corrected chi connectivity index (χ1v) is 8.61. The molecule has 1 aromatic rings. The molecular formula is C18H30IN3O2. The minimum atomic E-state index is 0. The van der Waals surface area contributed by atoms with Crippen LogP contribution in [0.2, 0.25) is 0 Å². The number of ether oxygens (including phenoxy) is 2. The first kappa shape index (κ1) is 20.9. The van der Waals surface area contributed by atoms with E-state index in [0.29, 0.717) is 12.5 Å². The number of rotatable bonds is 8. The van der Waals surface area contributed by atoms with Gasteiger partial charge >= 0.3 is 0 Å². The second kappa shape index (κ2) is 11.4. The molecular weight excluding hydrogens is 417 g/mol. The SMILES string of the molecule is CCCCNC(N)=NCc1cccc(OC)c1OC1CCCC1.I. The van der Waals surface area contributed by atoms with Crippen LogP contribution in [-0.4, -0.2) is 25.7 Å². The van der Waals surface area contributed by atoms with Crippen LogP contribution in [0.5, 0.6) is 11.5 Å². The van der Waals surface area contributed by atoms with Crippen LogP contribution in [0.15, 0.2) is 23.2 Å². The van der Waals surface area contributed by atoms with E-state index in [1.807, 2.05) is 18.2 Å². The lowest BCUT2D eigenvalue weighted by Gasteiger charge is -2.18. The minimum absolute atomic E-state index is 0. The molecule has 1 aromatic carbocycles. The number of unbranched alkanes of at least 4 members (excludes halogenated alkanes) is 1. The molecule has 0 aliphatic heterocycles. The monoisotopic (exact) mass is 447 g/mol. The van der Waals surface area contributed by atoms with Crippen molar-refractivity contribution in [1.82, 2.24) is 5.32 Å². The number of para-hydroxylation sites is 1. The van der Waals surface area contributed by atoms with E-state index in [-0.39, 0.29) is 30.1 Å². The number of benzene rings is 1. The standard InChI is InChI=1S/C18H29N3O2.HI/c1-3-4-12-20-18(19)21-13-14-8-7-11-16(22-2)17(14)23-15-9-5-6-10-15;/h7-8,11,15H,3-6,9-10,12-13H2,1-2H3,(H3,19,20,21);1H. The molecule has 0 amide bonds. The maximum atomic E-state index is 6.20. The summed E-state index contributed by atoms with van der Waals surface area (Å²) >= 11 is 0. The molecule has 0 spiro atoms. The molecule has 0 bridgehead atoms. The molecule has 24 heavy (non-hydrogen) atoms. The average Bonchev–Trinajstić information content (AvgIpc) is 3.07. The third-order valence-electron chi connectivity index (χ3n) is 4.12. The molecule has 0 heterocycles. The van der Waals surface area contributed by atoms with Crippen molar-refractivity contribution in [3.8, 4) is 11.5 Å². The molecule has 0 radical (unpaired) electrons. The van der Waals surface area contributed by atoms with Gasteiger partial charge in [0.25, 0.3) is 0 Å². The molecule has 0 aromatic heterocycles. The lowest BCUT2D eigenvalue weighted by Crippen LogP contribution is -2.32. The van der Waals surface area contributed by atoms with Gasteiger partial charge in [0.1, 0.15) is 0 Å². The van der Waals surface area contributed by atoms with Crippen LogP contribution in [0.1, 0.15) is 51.0 Å². The first-order valence-electron chi connectivity index (χ1n) is 8.61. The number of guanidine groups is 1. The smallest absolute Gasteiger partial charge is 0.188 e. The van der Waals surface area contributed by atoms with Crippen molar-refractivity contribution in [1.29, 1.82) is 0 Å². The summed E-state index contributed by atoms with van der Waals surface area (Å²) in [5.74, 6) is 2.06. The zero-order chi connectivity index (χ0) is 16.5. The first-order chi connectivity index (χ1) is 11.2. The molecule has 1 aliphatic carbocycles. The van der Waals surface area contributed by atoms with Gasteiger partial charge in [0.05, 0.1) is 19.8 Å². The highest BCUT2D eigenvalue weighted by Crippen LogP contribution is 2.35. The van der Waals surface area contributed by atoms with Gasteiger partial charge in [-0.1, -0.05) is 25.5 Å². The van der Waals surface area contributed by atoms with E-state index in [0.717, 1.165) is 49.3 Å². The summed E-state index contributed by atoms with van der Waals surface area (Å²) in [4.78, 5) is 4.42. The second-order valence-corrected chi connectivity index (χ2v) is 5.95. The van der Waals surface area contributed by atoms with Crippen molar-refractivity contribution in [3.05, 3.63) is 23.8 Å². The summed E-state index contributed by atoms with van der Waals surface area (Å²) in [5, 5.41) is 3.13. The lowest BCUT2D eigenvalue weighted by atomic mass is 10.1. The largest absolute Gasteiger partial charge is 0.493 e. The van der Waals surface area contributed by atoms with Crippen molar-refractivity contribution in [2.24, 2.45) is 10.7 Å². The van der Waals surface area contributed by atoms with Gasteiger partial charge < -0.3 is 20.5 Å². The predicted octanol–water partition coefficient (Wildman–Crippen LogP) is 3.84. The highest BCUT2D eigenvalue weighted by molar-refractivity contribution is 14.0. The van der Waals surface area contributed by atoms with Crippen LogP contribution in [-0.2, 0) is 6.54 Å². The Bertz CT molecular complexity index is 517. The molecule has 1 saturated carbocycles. The van der Waals surface area contributed by atoms with Gasteiger partial charge in [-0.25, -0.2) is 4.99 Å². The van der Waals surface area contributed by atoms with Gasteiger partial charge in [0.15, 0.2) is 17.5 Å². The molecule has 5 nitrogen and oxygen atoms in total. The molecule has 0 saturated heterocycles. The summed E-state index contributed by atoms with van der Waals surface area (Å²) in [6.45, 7) is 3.50. The molecule has 1 fully saturated rings. The Hall–Kier alpha value is -1.18. The molecule has 6 heteroatoms. The third kappa shape index (κ3) is 6.37. The molecule has 2 rings (SSSR count). The number of nitrogens with one attached hydrogen (secondary N) is 1. The number of aliphatic imine (C=N–C) groups is 1. The fraction of sp³-hybridized carbons (Fsp3) is 0.611. The zero-order valence-electron chi connectivity index (χ0n) is 14.7. The summed E-state index contributed by atoms with van der Waals surface area (Å²) in [5.41, 5.74) is 6.92. The molecule has 0 atom stereocenters. The van der Waals surface area contributed by atoms with Crippen molar-refractivity contribution in [2.45, 2.75) is 58.1 Å². The van der Waals surface area contributed by atoms with E-state index in [1.54, 1.807) is 7.11 Å². The summed E-state index contributed by atoms with van der Waals surface area (Å²) < 4.78 is 11.7. The van der Waals surface area contributed by atoms with Crippen molar-refractivity contribution in [2.75, 3.05) is 13.7 Å². The fourth-order valence-corrected chi connectivity index (χ4v) is 2.77. The van der Waals surface area contributed by atoms with Gasteiger partial charge in [-0.3, -0.25) is 0 Å². The maximum absolute atomic E-state index is 6.20. The zero-order valence-corrected chi connectivity index (χ0v) is 17.0. The van der Waals surface area contributed by atoms with Crippen LogP contribution in [0, 0.1) is 0 Å². The Morgan fingerprint density at radius 1 is 1.33 bits per heavy atom. The Balaban J connectivity index is 0.00000288. The summed E-state index contributed by atoms with van der Waals surface area (Å²) in [6.07, 6.45) is 7.21. The predicted molar refractivity (Wildman–Crippen MR) is 110 cm³/mol. The summed E-state index contributed by atoms with van der Waals surface area (Å²) in [6, 6.07) is 5.92. The van der Waals surface area contributed by atoms with Crippen LogP contribution in [0.4, 0.5) is 0 Å². The van der Waals surface area contributed by atoms with Gasteiger partial charge in [-0.2, -0.15) is 0 Å². The molecule has 0 unspecified atom stereocenters. The Morgan fingerprint density at radius 2 is 2.08 bits per heavy atom. The highest BCUT2D eigenvalue weighted by Gasteiger charge is 2.20. The van der Waals surface area contributed by atoms with E-state index in [4.69, 9.17) is 15.2 Å². The Morgan fingerprint density at radius 3 is 2.75 bits per heavy atom. The molecule has 1 aliphatic rings. The third-order valence-corrected chi connectivity index (χ3v) is 4.12. The van der Waals surface area contributed by atoms with E-state index < -0.39 is 0 Å². The molecule has 136 valence electrons. The second-order valence-electron chi connectivity index (χ2n) is 5.95. The topological polar surface area (TPSA) is 68.9 Å². The van der Waals surface area contributed by atoms with Crippen LogP contribution in [0.25, 0.3) is 0 Å². The van der Waals surface area contributed by atoms with Crippen molar-refractivity contribution >= 4 is 29.9 Å². The number of nitrogens with zero attached hydrogens (tertiary/aromatic N) is 1. The molecule has 3 N–H and O–H groups in total. The Labute approximate surface area is 162 Å². The van der Waals surface area contributed by atoms with E-state index in [1.165, 1.54) is 12.8 Å². The van der Waals surface area contributed by atoms with Gasteiger partial charge in [-0.15, -0.1) is 24.0 Å². The number of nitrogens with two attached hydrogens (primary N) is 1. The van der Waals surface area contributed by atoms with Crippen molar-refractivity contribution < 1.29 is 9.47 Å². The minimum Gasteiger partial charge on any atom is -0.493 e. The van der Waals surface area contributed by atoms with Crippen molar-refractivity contribution in [3.63, 3.8) is 0 Å². The number of hydrogen-bond donors (Lipinski definition) is 2. The Kier molecular flexibility index (Phi) is 9.90. The average molecular weight is 447 g/mol. The van der Waals surface area contributed by atoms with E-state index in [2.05, 4.69) is 17.2 Å². The van der Waals surface area contributed by atoms with Crippen LogP contribution in [0.3, 0.4) is 0 Å². The van der Waals surface area contributed by atoms with Gasteiger partial charge in [0, 0.05) is 12.1 Å². The fourth-order valence-electron chi connectivity index (χ4n) is 2.77. The number of halogens is 1. The van der Waals surface area contributed by atoms with E-state index >= 15 is 0 Å². The summed E-state index contributed by atoms with van der Waals surface area (Å²) in [7, 11) is 1.67. The number of methoxy groups -OCH3 is 1. The highest BCUT2D eigenvalue weighted by atomic mass is 127. The van der Waals surface area contributed by atoms with E-state index in [9.17, 15) is 0 Å². The van der Waals surface area contributed by atoms with Crippen LogP contribution >= 0.6 is 24.0 Å². The van der Waals surface area contributed by atoms with Gasteiger partial charge in [-0.05, 0) is 38.2 Å². The van der Waals surface area contributed by atoms with Crippen LogP contribution < -0.4 is 20.5 Å². The quantitative estimate of drug-likeness (QED) is 0.275. The lowest BCUT2D eigenvalue weighted by molar-refractivity contribution is 0.198. The normalized spacial score (nSPS) is 15.0.